The monoisotopic (exact) mass is 167 g/mol. The van der Waals surface area contributed by atoms with Crippen LogP contribution in [0.25, 0.3) is 0 Å². The van der Waals surface area contributed by atoms with Crippen molar-refractivity contribution in [2.45, 2.75) is 33.4 Å². The Balaban J connectivity index is 2.29. The van der Waals surface area contributed by atoms with Crippen molar-refractivity contribution in [1.29, 1.82) is 0 Å². The number of rotatable bonds is 4. The average molecular weight is 167 g/mol. The fraction of sp³-hybridized carbons (Fsp3) is 0.667. The molecule has 12 heavy (non-hydrogen) atoms. The Morgan fingerprint density at radius 3 is 2.83 bits per heavy atom. The van der Waals surface area contributed by atoms with Gasteiger partial charge in [0.1, 0.15) is 0 Å². The van der Waals surface area contributed by atoms with Gasteiger partial charge in [-0.2, -0.15) is 5.10 Å². The molecule has 0 unspecified atom stereocenters. The van der Waals surface area contributed by atoms with Crippen LogP contribution < -0.4 is 5.32 Å². The SMILES string of the molecule is Cc1ccnn1CCNC(C)C. The first kappa shape index (κ1) is 9.26. The van der Waals surface area contributed by atoms with E-state index in [0.717, 1.165) is 13.1 Å². The van der Waals surface area contributed by atoms with E-state index >= 15 is 0 Å². The Labute approximate surface area is 73.8 Å². The molecule has 1 aromatic heterocycles. The molecular weight excluding hydrogens is 150 g/mol. The van der Waals surface area contributed by atoms with E-state index in [1.807, 2.05) is 16.9 Å². The molecule has 1 aromatic rings. The summed E-state index contributed by atoms with van der Waals surface area (Å²) in [6.45, 7) is 8.31. The van der Waals surface area contributed by atoms with Crippen molar-refractivity contribution in [3.8, 4) is 0 Å². The van der Waals surface area contributed by atoms with Gasteiger partial charge in [-0.15, -0.1) is 0 Å². The van der Waals surface area contributed by atoms with Crippen molar-refractivity contribution in [3.05, 3.63) is 18.0 Å². The number of nitrogens with one attached hydrogen (secondary N) is 1. The molecule has 1 heterocycles. The first-order valence-electron chi connectivity index (χ1n) is 4.42. The van der Waals surface area contributed by atoms with Crippen LogP contribution in [-0.2, 0) is 6.54 Å². The molecule has 68 valence electrons. The van der Waals surface area contributed by atoms with Crippen molar-refractivity contribution in [2.75, 3.05) is 6.54 Å². The second-order valence-electron chi connectivity index (χ2n) is 3.30. The summed E-state index contributed by atoms with van der Waals surface area (Å²) in [6, 6.07) is 2.58. The lowest BCUT2D eigenvalue weighted by atomic mass is 10.4. The second kappa shape index (κ2) is 4.26. The number of nitrogens with zero attached hydrogens (tertiary/aromatic N) is 2. The fourth-order valence-electron chi connectivity index (χ4n) is 1.09. The average Bonchev–Trinajstić information content (AvgIpc) is 2.36. The number of aromatic nitrogens is 2. The molecular formula is C9H17N3. The lowest BCUT2D eigenvalue weighted by Crippen LogP contribution is -2.27. The number of aryl methyl sites for hydroxylation is 1. The number of hydrogen-bond acceptors (Lipinski definition) is 2. The van der Waals surface area contributed by atoms with E-state index in [2.05, 4.69) is 31.2 Å². The highest BCUT2D eigenvalue weighted by Gasteiger charge is 1.96. The molecule has 3 heteroatoms. The Hall–Kier alpha value is -0.830. The summed E-state index contributed by atoms with van der Waals surface area (Å²) in [6.07, 6.45) is 1.84. The summed E-state index contributed by atoms with van der Waals surface area (Å²) >= 11 is 0. The van der Waals surface area contributed by atoms with Gasteiger partial charge in [0, 0.05) is 24.5 Å². The maximum atomic E-state index is 4.19. The Bertz CT molecular complexity index is 227. The predicted molar refractivity (Wildman–Crippen MR) is 50.1 cm³/mol. The summed E-state index contributed by atoms with van der Waals surface area (Å²) in [5.74, 6) is 0. The topological polar surface area (TPSA) is 29.9 Å². The van der Waals surface area contributed by atoms with Gasteiger partial charge in [-0.25, -0.2) is 0 Å². The van der Waals surface area contributed by atoms with Gasteiger partial charge in [-0.1, -0.05) is 13.8 Å². The number of hydrogen-bond donors (Lipinski definition) is 1. The van der Waals surface area contributed by atoms with Crippen LogP contribution in [0.1, 0.15) is 19.5 Å². The molecule has 0 spiro atoms. The Kier molecular flexibility index (Phi) is 3.29. The quantitative estimate of drug-likeness (QED) is 0.730. The van der Waals surface area contributed by atoms with Gasteiger partial charge in [0.15, 0.2) is 0 Å². The molecule has 0 aliphatic carbocycles. The molecule has 1 N–H and O–H groups in total. The van der Waals surface area contributed by atoms with Crippen LogP contribution >= 0.6 is 0 Å². The smallest absolute Gasteiger partial charge is 0.0537 e. The molecule has 0 aromatic carbocycles. The van der Waals surface area contributed by atoms with Crippen molar-refractivity contribution in [1.82, 2.24) is 15.1 Å². The highest BCUT2D eigenvalue weighted by molar-refractivity contribution is 4.96. The summed E-state index contributed by atoms with van der Waals surface area (Å²) in [5, 5.41) is 7.54. The van der Waals surface area contributed by atoms with E-state index in [1.165, 1.54) is 5.69 Å². The second-order valence-corrected chi connectivity index (χ2v) is 3.30. The summed E-state index contributed by atoms with van der Waals surface area (Å²) in [4.78, 5) is 0. The largest absolute Gasteiger partial charge is 0.313 e. The zero-order valence-corrected chi connectivity index (χ0v) is 8.04. The van der Waals surface area contributed by atoms with E-state index < -0.39 is 0 Å². The molecule has 0 aliphatic heterocycles. The van der Waals surface area contributed by atoms with Gasteiger partial charge in [0.05, 0.1) is 6.54 Å². The molecule has 1 rings (SSSR count). The van der Waals surface area contributed by atoms with Crippen LogP contribution in [-0.4, -0.2) is 22.4 Å². The highest BCUT2D eigenvalue weighted by Crippen LogP contribution is 1.94. The Morgan fingerprint density at radius 1 is 1.58 bits per heavy atom. The van der Waals surface area contributed by atoms with E-state index in [0.29, 0.717) is 6.04 Å². The molecule has 0 saturated heterocycles. The van der Waals surface area contributed by atoms with Gasteiger partial charge < -0.3 is 5.32 Å². The molecule has 0 saturated carbocycles. The van der Waals surface area contributed by atoms with Gasteiger partial charge in [-0.3, -0.25) is 4.68 Å². The lowest BCUT2D eigenvalue weighted by Gasteiger charge is -2.08. The summed E-state index contributed by atoms with van der Waals surface area (Å²) in [5.41, 5.74) is 1.22. The van der Waals surface area contributed by atoms with E-state index in [-0.39, 0.29) is 0 Å². The van der Waals surface area contributed by atoms with Gasteiger partial charge in [0.25, 0.3) is 0 Å². The molecule has 0 aliphatic rings. The molecule has 0 fully saturated rings. The minimum atomic E-state index is 0.556. The standard InChI is InChI=1S/C9H17N3/c1-8(2)10-6-7-12-9(3)4-5-11-12/h4-5,8,10H,6-7H2,1-3H3. The van der Waals surface area contributed by atoms with E-state index in [4.69, 9.17) is 0 Å². The first-order chi connectivity index (χ1) is 5.70. The summed E-state index contributed by atoms with van der Waals surface area (Å²) in [7, 11) is 0. The third kappa shape index (κ3) is 2.66. The fourth-order valence-corrected chi connectivity index (χ4v) is 1.09. The third-order valence-corrected chi connectivity index (χ3v) is 1.81. The van der Waals surface area contributed by atoms with Gasteiger partial charge in [-0.05, 0) is 13.0 Å². The third-order valence-electron chi connectivity index (χ3n) is 1.81. The van der Waals surface area contributed by atoms with E-state index in [9.17, 15) is 0 Å². The minimum Gasteiger partial charge on any atom is -0.313 e. The van der Waals surface area contributed by atoms with Crippen molar-refractivity contribution in [3.63, 3.8) is 0 Å². The van der Waals surface area contributed by atoms with Crippen LogP contribution in [0.3, 0.4) is 0 Å². The molecule has 3 nitrogen and oxygen atoms in total. The molecule has 0 amide bonds. The Morgan fingerprint density at radius 2 is 2.33 bits per heavy atom. The summed E-state index contributed by atoms with van der Waals surface area (Å²) < 4.78 is 2.01. The van der Waals surface area contributed by atoms with Crippen LogP contribution in [0, 0.1) is 6.92 Å². The maximum Gasteiger partial charge on any atom is 0.0537 e. The maximum absolute atomic E-state index is 4.19. The van der Waals surface area contributed by atoms with Crippen LogP contribution in [0.2, 0.25) is 0 Å². The van der Waals surface area contributed by atoms with Crippen LogP contribution in [0.5, 0.6) is 0 Å². The highest BCUT2D eigenvalue weighted by atomic mass is 15.3. The van der Waals surface area contributed by atoms with Crippen molar-refractivity contribution in [2.24, 2.45) is 0 Å². The zero-order valence-electron chi connectivity index (χ0n) is 8.04. The van der Waals surface area contributed by atoms with Crippen molar-refractivity contribution >= 4 is 0 Å². The normalized spacial score (nSPS) is 11.0. The van der Waals surface area contributed by atoms with Gasteiger partial charge >= 0.3 is 0 Å². The van der Waals surface area contributed by atoms with Crippen molar-refractivity contribution < 1.29 is 0 Å². The predicted octanol–water partition coefficient (Wildman–Crippen LogP) is 1.19. The molecule has 0 bridgehead atoms. The minimum absolute atomic E-state index is 0.556. The van der Waals surface area contributed by atoms with E-state index in [1.54, 1.807) is 0 Å². The van der Waals surface area contributed by atoms with Crippen LogP contribution in [0.4, 0.5) is 0 Å². The van der Waals surface area contributed by atoms with Gasteiger partial charge in [0.2, 0.25) is 0 Å². The first-order valence-corrected chi connectivity index (χ1v) is 4.42. The molecule has 0 atom stereocenters. The van der Waals surface area contributed by atoms with Crippen LogP contribution in [0.15, 0.2) is 12.3 Å². The lowest BCUT2D eigenvalue weighted by molar-refractivity contribution is 0.509. The zero-order chi connectivity index (χ0) is 8.97. The molecule has 0 radical (unpaired) electrons.